The molecule has 0 bridgehead atoms. The smallest absolute Gasteiger partial charge is 0.385 e. The number of unbranched alkanes of at least 4 members (excludes halogenated alkanes) is 2. The Hall–Kier alpha value is -2.20. The molecule has 0 aliphatic carbocycles. The average Bonchev–Trinajstić information content (AvgIpc) is 2.79. The van der Waals surface area contributed by atoms with Crippen LogP contribution in [0.15, 0.2) is 42.5 Å². The summed E-state index contributed by atoms with van der Waals surface area (Å²) < 4.78 is 95.6. The Morgan fingerprint density at radius 3 is 2.23 bits per heavy atom. The molecule has 35 heavy (non-hydrogen) atoms. The van der Waals surface area contributed by atoms with Crippen molar-refractivity contribution < 1.29 is 40.3 Å². The lowest BCUT2D eigenvalue weighted by molar-refractivity contribution is -0.289. The van der Waals surface area contributed by atoms with Gasteiger partial charge in [0.05, 0.1) is 5.56 Å². The first-order valence-corrected chi connectivity index (χ1v) is 12.2. The van der Waals surface area contributed by atoms with E-state index in [-0.39, 0.29) is 36.8 Å². The summed E-state index contributed by atoms with van der Waals surface area (Å²) in [6.45, 7) is 0.569. The van der Waals surface area contributed by atoms with Crippen molar-refractivity contribution in [3.8, 4) is 0 Å². The predicted octanol–water partition coefficient (Wildman–Crippen LogP) is 6.45. The number of anilines is 1. The summed E-state index contributed by atoms with van der Waals surface area (Å²) in [6.07, 6.45) is -2.64. The van der Waals surface area contributed by atoms with Crippen molar-refractivity contribution in [3.63, 3.8) is 0 Å². The molecule has 0 saturated carbocycles. The quantitative estimate of drug-likeness (QED) is 0.142. The number of nitrogens with one attached hydrogen (secondary N) is 2. The normalized spacial score (nSPS) is 12.6. The Morgan fingerprint density at radius 2 is 1.57 bits per heavy atom. The van der Waals surface area contributed by atoms with E-state index < -0.39 is 25.9 Å². The van der Waals surface area contributed by atoms with Crippen molar-refractivity contribution in [2.75, 3.05) is 25.0 Å². The van der Waals surface area contributed by atoms with Crippen LogP contribution < -0.4 is 10.6 Å². The molecule has 0 aromatic heterocycles. The van der Waals surface area contributed by atoms with Crippen molar-refractivity contribution in [2.24, 2.45) is 0 Å². The van der Waals surface area contributed by atoms with Gasteiger partial charge in [-0.25, -0.2) is 4.39 Å². The van der Waals surface area contributed by atoms with Gasteiger partial charge in [0.1, 0.15) is 12.4 Å². The van der Waals surface area contributed by atoms with Crippen LogP contribution in [0.2, 0.25) is 0 Å². The lowest BCUT2D eigenvalue weighted by atomic mass is 10.0. The third-order valence-corrected chi connectivity index (χ3v) is 5.58. The van der Waals surface area contributed by atoms with E-state index >= 15 is 0 Å². The molecule has 0 amide bonds. The molecule has 0 radical (unpaired) electrons. The van der Waals surface area contributed by atoms with Gasteiger partial charge in [0.25, 0.3) is 0 Å². The van der Waals surface area contributed by atoms with Gasteiger partial charge in [-0.3, -0.25) is 0 Å². The number of aryl methyl sites for hydroxylation is 1. The van der Waals surface area contributed by atoms with Crippen LogP contribution in [0.3, 0.4) is 0 Å². The van der Waals surface area contributed by atoms with Gasteiger partial charge in [-0.05, 0) is 67.6 Å². The fraction of sp³-hybridized carbons (Fsp3) is 0.478. The van der Waals surface area contributed by atoms with Crippen molar-refractivity contribution in [3.05, 3.63) is 65.0 Å². The van der Waals surface area contributed by atoms with E-state index in [2.05, 4.69) is 15.2 Å². The van der Waals surface area contributed by atoms with Crippen LogP contribution in [-0.4, -0.2) is 30.8 Å². The van der Waals surface area contributed by atoms with E-state index in [1.165, 1.54) is 24.3 Å². The molecule has 0 heterocycles. The fourth-order valence-electron chi connectivity index (χ4n) is 3.35. The number of rotatable bonds is 15. The van der Waals surface area contributed by atoms with Crippen LogP contribution in [0.4, 0.5) is 32.0 Å². The first-order valence-electron chi connectivity index (χ1n) is 11.1. The summed E-state index contributed by atoms with van der Waals surface area (Å²) in [4.78, 5) is 8.53. The van der Waals surface area contributed by atoms with Crippen LogP contribution in [0.25, 0.3) is 0 Å². The van der Waals surface area contributed by atoms with Crippen LogP contribution in [0, 0.1) is 5.82 Å². The molecule has 12 heteroatoms. The van der Waals surface area contributed by atoms with E-state index in [0.717, 1.165) is 18.1 Å². The molecule has 0 aliphatic heterocycles. The molecule has 2 aromatic rings. The fourth-order valence-corrected chi connectivity index (χ4v) is 3.63. The third kappa shape index (κ3) is 9.76. The van der Waals surface area contributed by atoms with Gasteiger partial charge >= 0.3 is 20.4 Å². The topological polar surface area (TPSA) is 70.6 Å². The molecular formula is C23H28F6N2O3P+. The van der Waals surface area contributed by atoms with Gasteiger partial charge in [-0.1, -0.05) is 24.6 Å². The Balaban J connectivity index is 1.91. The minimum atomic E-state index is -5.75. The summed E-state index contributed by atoms with van der Waals surface area (Å²) in [5.41, 5.74) is -0.221. The number of alkyl halides is 5. The van der Waals surface area contributed by atoms with Crippen LogP contribution in [-0.2, 0) is 28.0 Å². The number of benzene rings is 2. The van der Waals surface area contributed by atoms with E-state index in [4.69, 9.17) is 4.89 Å². The van der Waals surface area contributed by atoms with Crippen LogP contribution >= 0.6 is 8.25 Å². The monoisotopic (exact) mass is 525 g/mol. The largest absolute Gasteiger partial charge is 0.694 e. The van der Waals surface area contributed by atoms with Gasteiger partial charge in [0.15, 0.2) is 0 Å². The molecule has 3 N–H and O–H groups in total. The summed E-state index contributed by atoms with van der Waals surface area (Å²) in [5, 5.41) is 5.57. The van der Waals surface area contributed by atoms with Crippen molar-refractivity contribution in [1.82, 2.24) is 5.32 Å². The molecule has 5 nitrogen and oxygen atoms in total. The molecule has 2 rings (SSSR count). The summed E-state index contributed by atoms with van der Waals surface area (Å²) in [6, 6.07) is 9.60. The zero-order valence-electron chi connectivity index (χ0n) is 18.9. The number of halogens is 6. The molecular weight excluding hydrogens is 497 g/mol. The van der Waals surface area contributed by atoms with E-state index in [0.29, 0.717) is 32.2 Å². The number of hydrogen-bond donors (Lipinski definition) is 3. The van der Waals surface area contributed by atoms with Crippen molar-refractivity contribution in [2.45, 2.75) is 50.7 Å². The minimum absolute atomic E-state index is 0.00283. The molecule has 0 saturated heterocycles. The highest BCUT2D eigenvalue weighted by Gasteiger charge is 2.59. The standard InChI is InChI=1S/C23H27F6N2O3P/c24-19-9-6-17(7-10-19)5-2-1-3-13-31-21-11-8-18(16-30-12-4-14-34-35(32)33)15-20(21)22(25,26)23(27,28)29/h6-11,15,30-31H,1-5,12-14,16H2/p+1. The van der Waals surface area contributed by atoms with Gasteiger partial charge < -0.3 is 10.6 Å². The number of hydrogen-bond acceptors (Lipinski definition) is 4. The highest BCUT2D eigenvalue weighted by molar-refractivity contribution is 7.32. The maximum Gasteiger partial charge on any atom is 0.694 e. The summed E-state index contributed by atoms with van der Waals surface area (Å²) in [5.74, 6) is -5.35. The summed E-state index contributed by atoms with van der Waals surface area (Å²) in [7, 11) is -2.71. The Kier molecular flexibility index (Phi) is 11.4. The summed E-state index contributed by atoms with van der Waals surface area (Å²) >= 11 is 0. The predicted molar refractivity (Wildman–Crippen MR) is 121 cm³/mol. The van der Waals surface area contributed by atoms with Gasteiger partial charge in [-0.15, -0.1) is 9.42 Å². The van der Waals surface area contributed by atoms with Crippen LogP contribution in [0.1, 0.15) is 42.4 Å². The van der Waals surface area contributed by atoms with E-state index in [1.807, 2.05) is 0 Å². The molecule has 0 fully saturated rings. The van der Waals surface area contributed by atoms with E-state index in [1.54, 1.807) is 12.1 Å². The molecule has 0 aliphatic rings. The second kappa shape index (κ2) is 13.8. The first-order chi connectivity index (χ1) is 16.5. The zero-order valence-corrected chi connectivity index (χ0v) is 19.8. The molecule has 1 atom stereocenters. The maximum absolute atomic E-state index is 14.2. The molecule has 1 unspecified atom stereocenters. The maximum atomic E-state index is 14.2. The van der Waals surface area contributed by atoms with Crippen molar-refractivity contribution in [1.29, 1.82) is 0 Å². The molecule has 194 valence electrons. The molecule has 2 aromatic carbocycles. The SMILES string of the molecule is O=[P+](O)OCCCNCc1ccc(NCCCCCc2ccc(F)cc2)c(C(F)(F)C(F)(F)F)c1. The Bertz CT molecular complexity index is 942. The van der Waals surface area contributed by atoms with Crippen molar-refractivity contribution >= 4 is 13.9 Å². The lowest BCUT2D eigenvalue weighted by Gasteiger charge is -2.24. The first kappa shape index (κ1) is 29.0. The van der Waals surface area contributed by atoms with Gasteiger partial charge in [0, 0.05) is 23.3 Å². The third-order valence-electron chi connectivity index (χ3n) is 5.18. The van der Waals surface area contributed by atoms with Crippen LogP contribution in [0.5, 0.6) is 0 Å². The highest BCUT2D eigenvalue weighted by atomic mass is 31.1. The zero-order chi connectivity index (χ0) is 25.9. The van der Waals surface area contributed by atoms with E-state index in [9.17, 15) is 30.9 Å². The lowest BCUT2D eigenvalue weighted by Crippen LogP contribution is -2.34. The second-order valence-electron chi connectivity index (χ2n) is 7.92. The Labute approximate surface area is 200 Å². The Morgan fingerprint density at radius 1 is 0.886 bits per heavy atom. The molecule has 0 spiro atoms. The van der Waals surface area contributed by atoms with Gasteiger partial charge in [0.2, 0.25) is 0 Å². The highest BCUT2D eigenvalue weighted by Crippen LogP contribution is 2.46. The second-order valence-corrected chi connectivity index (χ2v) is 8.65. The van der Waals surface area contributed by atoms with Gasteiger partial charge in [-0.2, -0.15) is 22.0 Å². The minimum Gasteiger partial charge on any atom is -0.385 e. The average molecular weight is 525 g/mol.